The Morgan fingerprint density at radius 3 is 3.12 bits per heavy atom. The van der Waals surface area contributed by atoms with Gasteiger partial charge in [-0.25, -0.2) is 4.98 Å². The van der Waals surface area contributed by atoms with Crippen molar-refractivity contribution in [2.24, 2.45) is 0 Å². The number of thiophene rings is 1. The van der Waals surface area contributed by atoms with Crippen LogP contribution in [0.4, 0.5) is 0 Å². The van der Waals surface area contributed by atoms with Crippen LogP contribution in [0.1, 0.15) is 29.6 Å². The van der Waals surface area contributed by atoms with Crippen LogP contribution >= 0.6 is 11.3 Å². The summed E-state index contributed by atoms with van der Waals surface area (Å²) in [4.78, 5) is 24.3. The summed E-state index contributed by atoms with van der Waals surface area (Å²) in [5.74, 6) is 0.628. The van der Waals surface area contributed by atoms with Crippen molar-refractivity contribution in [2.75, 3.05) is 26.3 Å². The molecule has 0 bridgehead atoms. The second kappa shape index (κ2) is 8.23. The average Bonchev–Trinajstić information content (AvgIpc) is 3.13. The molecular weight excluding hydrogens is 338 g/mol. The number of aliphatic hydroxyl groups excluding tert-OH is 1. The Morgan fingerprint density at radius 1 is 1.52 bits per heavy atom. The van der Waals surface area contributed by atoms with E-state index < -0.39 is 6.10 Å². The molecule has 0 saturated heterocycles. The van der Waals surface area contributed by atoms with Crippen LogP contribution in [0, 0.1) is 0 Å². The predicted molar refractivity (Wildman–Crippen MR) is 100 cm³/mol. The largest absolute Gasteiger partial charge is 0.389 e. The zero-order chi connectivity index (χ0) is 17.8. The van der Waals surface area contributed by atoms with E-state index in [2.05, 4.69) is 16.5 Å². The van der Waals surface area contributed by atoms with Crippen LogP contribution in [-0.2, 0) is 24.1 Å². The molecular formula is C18H25N3O3S. The Morgan fingerprint density at radius 2 is 2.36 bits per heavy atom. The number of nitrogens with zero attached hydrogens (tertiary/aromatic N) is 2. The van der Waals surface area contributed by atoms with E-state index in [4.69, 9.17) is 4.74 Å². The van der Waals surface area contributed by atoms with E-state index in [0.717, 1.165) is 29.5 Å². The van der Waals surface area contributed by atoms with Crippen LogP contribution in [-0.4, -0.2) is 52.4 Å². The smallest absolute Gasteiger partial charge is 0.259 e. The van der Waals surface area contributed by atoms with Crippen LogP contribution in [0.3, 0.4) is 0 Å². The van der Waals surface area contributed by atoms with Crippen molar-refractivity contribution in [3.05, 3.63) is 39.3 Å². The third-order valence-electron chi connectivity index (χ3n) is 4.37. The molecule has 0 saturated carbocycles. The van der Waals surface area contributed by atoms with Gasteiger partial charge in [0.2, 0.25) is 0 Å². The highest BCUT2D eigenvalue weighted by Crippen LogP contribution is 2.34. The van der Waals surface area contributed by atoms with Crippen LogP contribution in [0.5, 0.6) is 0 Å². The summed E-state index contributed by atoms with van der Waals surface area (Å²) in [5, 5.41) is 10.8. The molecule has 6 nitrogen and oxygen atoms in total. The first-order valence-corrected chi connectivity index (χ1v) is 9.56. The quantitative estimate of drug-likeness (QED) is 0.665. The maximum Gasteiger partial charge on any atom is 0.259 e. The van der Waals surface area contributed by atoms with Crippen molar-refractivity contribution in [1.29, 1.82) is 0 Å². The highest BCUT2D eigenvalue weighted by Gasteiger charge is 2.21. The molecule has 1 aliphatic rings. The van der Waals surface area contributed by atoms with Crippen LogP contribution in [0.25, 0.3) is 10.2 Å². The molecule has 0 spiro atoms. The summed E-state index contributed by atoms with van der Waals surface area (Å²) in [5.41, 5.74) is 1.14. The molecule has 3 rings (SSSR count). The Bertz CT molecular complexity index is 799. The van der Waals surface area contributed by atoms with Crippen LogP contribution in [0.2, 0.25) is 0 Å². The number of aliphatic hydroxyl groups is 1. The van der Waals surface area contributed by atoms with Gasteiger partial charge in [0.1, 0.15) is 10.7 Å². The lowest BCUT2D eigenvalue weighted by atomic mass is 10.2. The maximum absolute atomic E-state index is 12.5. The minimum atomic E-state index is -0.583. The van der Waals surface area contributed by atoms with E-state index in [1.807, 2.05) is 11.8 Å². The molecule has 7 heteroatoms. The molecule has 0 fully saturated rings. The first kappa shape index (κ1) is 18.3. The average molecular weight is 363 g/mol. The number of H-pyrrole nitrogens is 1. The lowest BCUT2D eigenvalue weighted by Gasteiger charge is -2.23. The summed E-state index contributed by atoms with van der Waals surface area (Å²) in [6, 6.07) is 0. The first-order valence-electron chi connectivity index (χ1n) is 8.74. The first-order chi connectivity index (χ1) is 12.1. The fourth-order valence-electron chi connectivity index (χ4n) is 3.32. The molecule has 136 valence electrons. The zero-order valence-corrected chi connectivity index (χ0v) is 15.4. The van der Waals surface area contributed by atoms with E-state index in [9.17, 15) is 9.90 Å². The number of fused-ring (bicyclic) bond motifs is 3. The summed E-state index contributed by atoms with van der Waals surface area (Å²) in [6.45, 7) is 8.04. The molecule has 1 aliphatic carbocycles. The number of aryl methyl sites for hydroxylation is 2. The van der Waals surface area contributed by atoms with Crippen molar-refractivity contribution in [3.8, 4) is 0 Å². The Balaban J connectivity index is 1.77. The van der Waals surface area contributed by atoms with E-state index >= 15 is 0 Å². The molecule has 2 aromatic heterocycles. The van der Waals surface area contributed by atoms with Crippen molar-refractivity contribution >= 4 is 21.6 Å². The minimum Gasteiger partial charge on any atom is -0.389 e. The summed E-state index contributed by atoms with van der Waals surface area (Å²) in [7, 11) is 0. The van der Waals surface area contributed by atoms with Gasteiger partial charge in [-0.1, -0.05) is 6.08 Å². The highest BCUT2D eigenvalue weighted by molar-refractivity contribution is 7.18. The Kier molecular flexibility index (Phi) is 6.01. The van der Waals surface area contributed by atoms with Crippen LogP contribution in [0.15, 0.2) is 17.4 Å². The van der Waals surface area contributed by atoms with E-state index in [-0.39, 0.29) is 5.56 Å². The number of nitrogens with one attached hydrogen (secondary N) is 1. The van der Waals surface area contributed by atoms with Gasteiger partial charge in [0.25, 0.3) is 5.56 Å². The normalized spacial score (nSPS) is 15.0. The maximum atomic E-state index is 12.5. The van der Waals surface area contributed by atoms with E-state index in [0.29, 0.717) is 38.7 Å². The molecule has 2 N–H and O–H groups in total. The lowest BCUT2D eigenvalue weighted by molar-refractivity contribution is 0.0214. The number of aromatic nitrogens is 2. The number of aromatic amines is 1. The number of rotatable bonds is 9. The van der Waals surface area contributed by atoms with Gasteiger partial charge in [0.05, 0.1) is 24.6 Å². The second-order valence-electron chi connectivity index (χ2n) is 6.35. The van der Waals surface area contributed by atoms with Gasteiger partial charge in [0, 0.05) is 24.6 Å². The number of hydrogen-bond donors (Lipinski definition) is 2. The lowest BCUT2D eigenvalue weighted by Crippen LogP contribution is -2.35. The van der Waals surface area contributed by atoms with Crippen molar-refractivity contribution in [2.45, 2.75) is 38.8 Å². The highest BCUT2D eigenvalue weighted by atomic mass is 32.1. The molecule has 2 aromatic rings. The number of ether oxygens (including phenoxy) is 1. The Hall–Kier alpha value is -1.54. The van der Waals surface area contributed by atoms with Gasteiger partial charge < -0.3 is 14.8 Å². The zero-order valence-electron chi connectivity index (χ0n) is 14.6. The standard InChI is InChI=1S/C18H25N3O3S/c1-3-8-21(9-12(22)11-24-4-2)10-15-19-17(23)16-13-6-5-7-14(13)25-18(16)20-15/h3,12,22H,1,4-11H2,2H3,(H,19,20,23)/t12-/m1/s1. The summed E-state index contributed by atoms with van der Waals surface area (Å²) >= 11 is 1.64. The van der Waals surface area contributed by atoms with Gasteiger partial charge in [-0.05, 0) is 31.7 Å². The van der Waals surface area contributed by atoms with Gasteiger partial charge in [-0.2, -0.15) is 0 Å². The van der Waals surface area contributed by atoms with Gasteiger partial charge in [-0.15, -0.1) is 17.9 Å². The van der Waals surface area contributed by atoms with Gasteiger partial charge in [-0.3, -0.25) is 9.69 Å². The van der Waals surface area contributed by atoms with Crippen LogP contribution < -0.4 is 5.56 Å². The van der Waals surface area contributed by atoms with Gasteiger partial charge in [0.15, 0.2) is 0 Å². The molecule has 2 heterocycles. The van der Waals surface area contributed by atoms with Crippen molar-refractivity contribution in [3.63, 3.8) is 0 Å². The Labute approximate surface area is 151 Å². The molecule has 25 heavy (non-hydrogen) atoms. The molecule has 0 amide bonds. The monoisotopic (exact) mass is 363 g/mol. The molecule has 0 radical (unpaired) electrons. The topological polar surface area (TPSA) is 78.5 Å². The number of hydrogen-bond acceptors (Lipinski definition) is 6. The summed E-state index contributed by atoms with van der Waals surface area (Å²) in [6.07, 6.45) is 4.36. The summed E-state index contributed by atoms with van der Waals surface area (Å²) < 4.78 is 5.26. The van der Waals surface area contributed by atoms with E-state index in [1.54, 1.807) is 17.4 Å². The van der Waals surface area contributed by atoms with E-state index in [1.165, 1.54) is 10.4 Å². The van der Waals surface area contributed by atoms with Crippen molar-refractivity contribution < 1.29 is 9.84 Å². The fraction of sp³-hybridized carbons (Fsp3) is 0.556. The SMILES string of the molecule is C=CCN(Cc1nc2sc3c(c2c(=O)[nH]1)CCC3)C[C@@H](O)COCC. The second-order valence-corrected chi connectivity index (χ2v) is 7.43. The van der Waals surface area contributed by atoms with Crippen molar-refractivity contribution in [1.82, 2.24) is 14.9 Å². The van der Waals surface area contributed by atoms with Gasteiger partial charge >= 0.3 is 0 Å². The molecule has 0 aromatic carbocycles. The minimum absolute atomic E-state index is 0.0483. The third kappa shape index (κ3) is 4.17. The third-order valence-corrected chi connectivity index (χ3v) is 5.55. The molecule has 0 aliphatic heterocycles. The molecule has 1 atom stereocenters. The fourth-order valence-corrected chi connectivity index (χ4v) is 4.61. The predicted octanol–water partition coefficient (Wildman–Crippen LogP) is 1.86. The molecule has 0 unspecified atom stereocenters.